The van der Waals surface area contributed by atoms with Crippen LogP contribution in [-0.2, 0) is 28.0 Å². The van der Waals surface area contributed by atoms with Crippen molar-refractivity contribution >= 4 is 27.7 Å². The maximum Gasteiger partial charge on any atom is 0.261 e. The summed E-state index contributed by atoms with van der Waals surface area (Å²) in [5, 5.41) is 3.01. The van der Waals surface area contributed by atoms with Crippen LogP contribution in [-0.4, -0.2) is 35.4 Å². The number of nitrogens with zero attached hydrogens (tertiary/aromatic N) is 1. The van der Waals surface area contributed by atoms with E-state index in [-0.39, 0.29) is 36.9 Å². The number of halogens is 2. The maximum atomic E-state index is 14.7. The Bertz CT molecular complexity index is 1260. The molecular weight excluding hydrogens is 559 g/mol. The highest BCUT2D eigenvalue weighted by atomic mass is 79.9. The summed E-state index contributed by atoms with van der Waals surface area (Å²) in [6, 6.07) is 20.7. The number of amides is 2. The smallest absolute Gasteiger partial charge is 0.261 e. The Balaban J connectivity index is 1.93. The molecule has 0 bridgehead atoms. The molecule has 2 atom stereocenters. The average molecular weight is 598 g/mol. The van der Waals surface area contributed by atoms with Crippen molar-refractivity contribution in [1.82, 2.24) is 10.2 Å². The predicted molar refractivity (Wildman–Crippen MR) is 157 cm³/mol. The van der Waals surface area contributed by atoms with Gasteiger partial charge in [0, 0.05) is 24.6 Å². The quantitative estimate of drug-likeness (QED) is 0.264. The van der Waals surface area contributed by atoms with Gasteiger partial charge in [0.2, 0.25) is 5.91 Å². The van der Waals surface area contributed by atoms with E-state index in [0.29, 0.717) is 11.3 Å². The number of carbonyl (C=O) groups excluding carboxylic acids is 2. The molecule has 3 aromatic carbocycles. The predicted octanol–water partition coefficient (Wildman–Crippen LogP) is 6.82. The second-order valence-electron chi connectivity index (χ2n) is 10.8. The molecule has 0 spiro atoms. The Morgan fingerprint density at radius 1 is 1.03 bits per heavy atom. The van der Waals surface area contributed by atoms with Gasteiger partial charge in [-0.05, 0) is 64.0 Å². The highest BCUT2D eigenvalue weighted by Gasteiger charge is 2.32. The standard InChI is InChI=1S/C32H38BrFN2O3/c1-6-22(2)35-31(38)28(18-23-12-8-7-9-13-23)36(20-24-14-10-11-15-27(24)34)30(37)21-39-29-17-16-25(19-26(29)33)32(3,4)5/h7-17,19,22,28H,6,18,20-21H2,1-5H3,(H,35,38)/t22-,28+/m1/s1. The van der Waals surface area contributed by atoms with Crippen molar-refractivity contribution in [1.29, 1.82) is 0 Å². The van der Waals surface area contributed by atoms with Gasteiger partial charge in [0.15, 0.2) is 6.61 Å². The first kappa shape index (κ1) is 30.4. The van der Waals surface area contributed by atoms with Crippen LogP contribution in [0.5, 0.6) is 5.75 Å². The molecule has 7 heteroatoms. The normalized spacial score (nSPS) is 12.9. The van der Waals surface area contributed by atoms with E-state index in [1.165, 1.54) is 11.0 Å². The number of hydrogen-bond donors (Lipinski definition) is 1. The highest BCUT2D eigenvalue weighted by Crippen LogP contribution is 2.31. The van der Waals surface area contributed by atoms with Crippen molar-refractivity contribution in [3.63, 3.8) is 0 Å². The fourth-order valence-electron chi connectivity index (χ4n) is 4.11. The van der Waals surface area contributed by atoms with Crippen LogP contribution < -0.4 is 10.1 Å². The molecule has 1 N–H and O–H groups in total. The van der Waals surface area contributed by atoms with E-state index in [1.54, 1.807) is 18.2 Å². The molecule has 39 heavy (non-hydrogen) atoms. The molecule has 0 aliphatic heterocycles. The Kier molecular flexibility index (Phi) is 10.7. The van der Waals surface area contributed by atoms with Crippen molar-refractivity contribution in [3.8, 4) is 5.75 Å². The third kappa shape index (κ3) is 8.65. The topological polar surface area (TPSA) is 58.6 Å². The number of carbonyl (C=O) groups is 2. The van der Waals surface area contributed by atoms with Crippen molar-refractivity contribution in [2.45, 2.75) is 71.5 Å². The minimum Gasteiger partial charge on any atom is -0.483 e. The molecule has 0 aromatic heterocycles. The van der Waals surface area contributed by atoms with Crippen molar-refractivity contribution in [2.75, 3.05) is 6.61 Å². The number of hydrogen-bond acceptors (Lipinski definition) is 3. The second kappa shape index (κ2) is 13.7. The van der Waals surface area contributed by atoms with Gasteiger partial charge < -0.3 is 15.0 Å². The third-order valence-corrected chi connectivity index (χ3v) is 7.34. The number of ether oxygens (including phenoxy) is 1. The lowest BCUT2D eigenvalue weighted by Crippen LogP contribution is -2.53. The molecule has 208 valence electrons. The molecule has 2 amide bonds. The van der Waals surface area contributed by atoms with Crippen LogP contribution in [0, 0.1) is 5.82 Å². The summed E-state index contributed by atoms with van der Waals surface area (Å²) in [5.74, 6) is -0.609. The average Bonchev–Trinajstić information content (AvgIpc) is 2.90. The molecule has 0 saturated heterocycles. The van der Waals surface area contributed by atoms with Crippen LogP contribution in [0.25, 0.3) is 0 Å². The lowest BCUT2D eigenvalue weighted by molar-refractivity contribution is -0.143. The van der Waals surface area contributed by atoms with Gasteiger partial charge >= 0.3 is 0 Å². The Labute approximate surface area is 239 Å². The lowest BCUT2D eigenvalue weighted by atomic mass is 9.87. The lowest BCUT2D eigenvalue weighted by Gasteiger charge is -2.32. The second-order valence-corrected chi connectivity index (χ2v) is 11.7. The van der Waals surface area contributed by atoms with Gasteiger partial charge in [-0.15, -0.1) is 0 Å². The molecule has 0 fully saturated rings. The summed E-state index contributed by atoms with van der Waals surface area (Å²) >= 11 is 3.56. The van der Waals surface area contributed by atoms with Gasteiger partial charge in [0.1, 0.15) is 17.6 Å². The van der Waals surface area contributed by atoms with Crippen LogP contribution in [0.4, 0.5) is 4.39 Å². The fourth-order valence-corrected chi connectivity index (χ4v) is 4.61. The van der Waals surface area contributed by atoms with Gasteiger partial charge in [-0.1, -0.05) is 82.3 Å². The van der Waals surface area contributed by atoms with E-state index in [2.05, 4.69) is 42.0 Å². The molecular formula is C32H38BrFN2O3. The van der Waals surface area contributed by atoms with Gasteiger partial charge in [0.25, 0.3) is 5.91 Å². The zero-order chi connectivity index (χ0) is 28.6. The molecule has 0 radical (unpaired) electrons. The first-order chi connectivity index (χ1) is 18.5. The van der Waals surface area contributed by atoms with Crippen LogP contribution in [0.3, 0.4) is 0 Å². The van der Waals surface area contributed by atoms with E-state index in [1.807, 2.05) is 62.4 Å². The fraction of sp³-hybridized carbons (Fsp3) is 0.375. The molecule has 3 aromatic rings. The summed E-state index contributed by atoms with van der Waals surface area (Å²) in [6.07, 6.45) is 1.03. The van der Waals surface area contributed by atoms with Gasteiger partial charge in [-0.3, -0.25) is 9.59 Å². The zero-order valence-electron chi connectivity index (χ0n) is 23.3. The van der Waals surface area contributed by atoms with E-state index in [0.717, 1.165) is 22.0 Å². The van der Waals surface area contributed by atoms with Gasteiger partial charge in [-0.2, -0.15) is 0 Å². The molecule has 3 rings (SSSR count). The van der Waals surface area contributed by atoms with Gasteiger partial charge in [0.05, 0.1) is 4.47 Å². The molecule has 0 aliphatic rings. The largest absolute Gasteiger partial charge is 0.483 e. The minimum atomic E-state index is -0.858. The molecule has 0 aliphatic carbocycles. The van der Waals surface area contributed by atoms with Gasteiger partial charge in [-0.25, -0.2) is 4.39 Å². The summed E-state index contributed by atoms with van der Waals surface area (Å²) in [4.78, 5) is 28.7. The zero-order valence-corrected chi connectivity index (χ0v) is 24.9. The number of rotatable bonds is 11. The first-order valence-electron chi connectivity index (χ1n) is 13.3. The van der Waals surface area contributed by atoms with Crippen LogP contribution in [0.15, 0.2) is 77.3 Å². The van der Waals surface area contributed by atoms with E-state index >= 15 is 0 Å². The van der Waals surface area contributed by atoms with Crippen molar-refractivity contribution < 1.29 is 18.7 Å². The number of nitrogens with one attached hydrogen (secondary N) is 1. The summed E-state index contributed by atoms with van der Waals surface area (Å²) in [6.45, 7) is 9.90. The van der Waals surface area contributed by atoms with Crippen molar-refractivity contribution in [2.24, 2.45) is 0 Å². The van der Waals surface area contributed by atoms with E-state index in [9.17, 15) is 14.0 Å². The SMILES string of the molecule is CC[C@@H](C)NC(=O)[C@H](Cc1ccccc1)N(Cc1ccccc1F)C(=O)COc1ccc(C(C)(C)C)cc1Br. The Hall–Kier alpha value is -3.19. The van der Waals surface area contributed by atoms with Crippen LogP contribution in [0.2, 0.25) is 0 Å². The van der Waals surface area contributed by atoms with E-state index < -0.39 is 17.8 Å². The first-order valence-corrected chi connectivity index (χ1v) is 14.1. The Morgan fingerprint density at radius 2 is 1.69 bits per heavy atom. The maximum absolute atomic E-state index is 14.7. The summed E-state index contributed by atoms with van der Waals surface area (Å²) in [7, 11) is 0. The number of benzene rings is 3. The van der Waals surface area contributed by atoms with E-state index in [4.69, 9.17) is 4.74 Å². The monoisotopic (exact) mass is 596 g/mol. The molecule has 0 saturated carbocycles. The van der Waals surface area contributed by atoms with Crippen molar-refractivity contribution in [3.05, 3.63) is 99.8 Å². The van der Waals surface area contributed by atoms with Crippen LogP contribution in [0.1, 0.15) is 57.7 Å². The molecule has 5 nitrogen and oxygen atoms in total. The summed E-state index contributed by atoms with van der Waals surface area (Å²) in [5.41, 5.74) is 2.31. The minimum absolute atomic E-state index is 0.0406. The molecule has 0 heterocycles. The Morgan fingerprint density at radius 3 is 2.31 bits per heavy atom. The third-order valence-electron chi connectivity index (χ3n) is 6.72. The van der Waals surface area contributed by atoms with Crippen LogP contribution >= 0.6 is 15.9 Å². The summed E-state index contributed by atoms with van der Waals surface area (Å²) < 4.78 is 21.4. The molecule has 0 unspecified atom stereocenters. The highest BCUT2D eigenvalue weighted by molar-refractivity contribution is 9.10.